The number of piperazine rings is 1. The van der Waals surface area contributed by atoms with Gasteiger partial charge in [0, 0.05) is 52.4 Å². The van der Waals surface area contributed by atoms with Gasteiger partial charge in [-0.2, -0.15) is 0 Å². The van der Waals surface area contributed by atoms with Gasteiger partial charge in [-0.05, 0) is 22.6 Å². The zero-order valence-corrected chi connectivity index (χ0v) is 18.5. The predicted molar refractivity (Wildman–Crippen MR) is 117 cm³/mol. The summed E-state index contributed by atoms with van der Waals surface area (Å²) in [6, 6.07) is 6.13. The van der Waals surface area contributed by atoms with E-state index in [9.17, 15) is 10.1 Å². The number of imidazole rings is 1. The number of hydrogen-bond donors (Lipinski definition) is 0. The highest BCUT2D eigenvalue weighted by Crippen LogP contribution is 2.32. The Bertz CT molecular complexity index is 1140. The quantitative estimate of drug-likeness (QED) is 0.368. The monoisotopic (exact) mass is 454 g/mol. The van der Waals surface area contributed by atoms with Crippen LogP contribution in [0.4, 0.5) is 5.82 Å². The Morgan fingerprint density at radius 2 is 1.82 bits per heavy atom. The highest BCUT2D eigenvalue weighted by atomic mass is 16.7. The van der Waals surface area contributed by atoms with Crippen LogP contribution in [0.5, 0.6) is 11.5 Å². The van der Waals surface area contributed by atoms with Crippen molar-refractivity contribution < 1.29 is 14.4 Å². The third-order valence-corrected chi connectivity index (χ3v) is 6.05. The first-order chi connectivity index (χ1) is 16.0. The maximum atomic E-state index is 11.1. The van der Waals surface area contributed by atoms with Gasteiger partial charge in [0.15, 0.2) is 17.3 Å². The number of hydrogen-bond acceptors (Lipinski definition) is 9. The highest BCUT2D eigenvalue weighted by Gasteiger charge is 2.21. The van der Waals surface area contributed by atoms with E-state index in [4.69, 9.17) is 9.47 Å². The molecule has 0 unspecified atom stereocenters. The summed E-state index contributed by atoms with van der Waals surface area (Å²) in [7, 11) is 0. The van der Waals surface area contributed by atoms with E-state index in [-0.39, 0.29) is 5.82 Å². The molecule has 0 saturated carbocycles. The number of fused-ring (bicyclic) bond motifs is 1. The molecule has 5 rings (SSSR count). The molecule has 1 aromatic carbocycles. The molecule has 12 heteroatoms. The molecule has 0 N–H and O–H groups in total. The number of aryl methyl sites for hydroxylation is 2. The molecule has 2 aromatic heterocycles. The predicted octanol–water partition coefficient (Wildman–Crippen LogP) is 1.44. The summed E-state index contributed by atoms with van der Waals surface area (Å²) in [5.74, 6) is 2.24. The highest BCUT2D eigenvalue weighted by molar-refractivity contribution is 5.44. The lowest BCUT2D eigenvalue weighted by molar-refractivity contribution is -0.392. The number of nitrogens with zero attached hydrogens (tertiary/aromatic N) is 8. The van der Waals surface area contributed by atoms with E-state index in [2.05, 4.69) is 37.2 Å². The van der Waals surface area contributed by atoms with E-state index in [1.165, 1.54) is 11.8 Å². The van der Waals surface area contributed by atoms with Crippen LogP contribution in [-0.2, 0) is 26.2 Å². The molecule has 0 radical (unpaired) electrons. The summed E-state index contributed by atoms with van der Waals surface area (Å²) in [6.45, 7) is 8.46. The number of rotatable bonds is 8. The minimum Gasteiger partial charge on any atom is -0.454 e. The van der Waals surface area contributed by atoms with Gasteiger partial charge in [0.2, 0.25) is 6.79 Å². The summed E-state index contributed by atoms with van der Waals surface area (Å²) < 4.78 is 14.2. The number of benzene rings is 1. The Labute approximate surface area is 190 Å². The largest absolute Gasteiger partial charge is 0.454 e. The van der Waals surface area contributed by atoms with E-state index >= 15 is 0 Å². The van der Waals surface area contributed by atoms with E-state index in [1.54, 1.807) is 16.2 Å². The van der Waals surface area contributed by atoms with Crippen molar-refractivity contribution in [3.05, 3.63) is 57.8 Å². The van der Waals surface area contributed by atoms with Crippen molar-refractivity contribution in [3.8, 4) is 11.5 Å². The van der Waals surface area contributed by atoms with Crippen molar-refractivity contribution in [2.75, 3.05) is 33.0 Å². The molecule has 2 aliphatic heterocycles. The first kappa shape index (κ1) is 21.3. The van der Waals surface area contributed by atoms with Crippen molar-refractivity contribution in [2.45, 2.75) is 33.1 Å². The van der Waals surface area contributed by atoms with Gasteiger partial charge in [0.25, 0.3) is 0 Å². The Morgan fingerprint density at radius 1 is 1.06 bits per heavy atom. The zero-order valence-electron chi connectivity index (χ0n) is 18.5. The van der Waals surface area contributed by atoms with E-state index in [0.717, 1.165) is 56.5 Å². The fourth-order valence-corrected chi connectivity index (χ4v) is 4.23. The summed E-state index contributed by atoms with van der Waals surface area (Å²) in [5, 5.41) is 19.6. The van der Waals surface area contributed by atoms with Crippen LogP contribution in [0.15, 0.2) is 30.6 Å². The second-order valence-electron chi connectivity index (χ2n) is 8.29. The Balaban J connectivity index is 1.09. The van der Waals surface area contributed by atoms with Gasteiger partial charge < -0.3 is 19.6 Å². The maximum absolute atomic E-state index is 11.1. The van der Waals surface area contributed by atoms with Crippen molar-refractivity contribution in [3.63, 3.8) is 0 Å². The molecule has 0 amide bonds. The summed E-state index contributed by atoms with van der Waals surface area (Å²) in [4.78, 5) is 19.6. The third-order valence-electron chi connectivity index (χ3n) is 6.05. The van der Waals surface area contributed by atoms with Crippen molar-refractivity contribution >= 4 is 5.82 Å². The first-order valence-electron chi connectivity index (χ1n) is 10.9. The van der Waals surface area contributed by atoms with Crippen LogP contribution in [0.2, 0.25) is 0 Å². The van der Waals surface area contributed by atoms with Gasteiger partial charge >= 0.3 is 5.82 Å². The summed E-state index contributed by atoms with van der Waals surface area (Å²) in [5.41, 5.74) is 2.13. The molecular formula is C21H26N8O4. The lowest BCUT2D eigenvalue weighted by Gasteiger charge is -2.34. The minimum atomic E-state index is -0.418. The molecule has 0 bridgehead atoms. The lowest BCUT2D eigenvalue weighted by Crippen LogP contribution is -2.45. The van der Waals surface area contributed by atoms with Gasteiger partial charge in [-0.25, -0.2) is 14.2 Å². The van der Waals surface area contributed by atoms with E-state index in [1.807, 2.05) is 12.3 Å². The number of ether oxygens (including phenoxy) is 2. The van der Waals surface area contributed by atoms with Crippen LogP contribution < -0.4 is 9.47 Å². The van der Waals surface area contributed by atoms with Gasteiger partial charge in [-0.1, -0.05) is 11.3 Å². The van der Waals surface area contributed by atoms with Gasteiger partial charge in [-0.15, -0.1) is 5.10 Å². The van der Waals surface area contributed by atoms with E-state index in [0.29, 0.717) is 25.7 Å². The smallest absolute Gasteiger partial charge is 0.342 e. The SMILES string of the molecule is Cc1ncc([N+](=O)[O-])n1CCn1cc(CN2CCN(Cc3ccc4c(c3)OCO4)CC2)nn1. The van der Waals surface area contributed by atoms with Crippen molar-refractivity contribution in [1.29, 1.82) is 0 Å². The molecule has 1 saturated heterocycles. The Kier molecular flexibility index (Phi) is 5.92. The molecule has 2 aliphatic rings. The molecule has 4 heterocycles. The molecule has 0 spiro atoms. The van der Waals surface area contributed by atoms with Crippen LogP contribution in [0.25, 0.3) is 0 Å². The maximum Gasteiger partial charge on any atom is 0.342 e. The summed E-state index contributed by atoms with van der Waals surface area (Å²) >= 11 is 0. The number of aromatic nitrogens is 5. The molecule has 0 atom stereocenters. The molecule has 33 heavy (non-hydrogen) atoms. The molecule has 12 nitrogen and oxygen atoms in total. The summed E-state index contributed by atoms with van der Waals surface area (Å²) in [6.07, 6.45) is 3.20. The lowest BCUT2D eigenvalue weighted by atomic mass is 10.1. The standard InChI is InChI=1S/C21H26N8O4/c1-16-22-11-21(29(30)31)28(16)9-8-27-14-18(23-24-27)13-26-6-4-25(5-7-26)12-17-2-3-19-20(10-17)33-15-32-19/h2-3,10-11,14H,4-9,12-13,15H2,1H3. The van der Waals surface area contributed by atoms with Crippen LogP contribution in [0, 0.1) is 17.0 Å². The van der Waals surface area contributed by atoms with Crippen LogP contribution in [0.3, 0.4) is 0 Å². The normalized spacial score (nSPS) is 16.4. The number of nitro groups is 1. The molecule has 0 aliphatic carbocycles. The van der Waals surface area contributed by atoms with Crippen molar-refractivity contribution in [1.82, 2.24) is 34.3 Å². The molecular weight excluding hydrogens is 428 g/mol. The zero-order chi connectivity index (χ0) is 22.8. The average molecular weight is 454 g/mol. The average Bonchev–Trinajstić information content (AvgIpc) is 3.53. The second-order valence-corrected chi connectivity index (χ2v) is 8.29. The third kappa shape index (κ3) is 4.81. The fourth-order valence-electron chi connectivity index (χ4n) is 4.23. The molecule has 174 valence electrons. The Morgan fingerprint density at radius 3 is 2.61 bits per heavy atom. The van der Waals surface area contributed by atoms with Crippen molar-refractivity contribution in [2.24, 2.45) is 0 Å². The van der Waals surface area contributed by atoms with Gasteiger partial charge in [0.05, 0.1) is 12.2 Å². The molecule has 3 aromatic rings. The van der Waals surface area contributed by atoms with Gasteiger partial charge in [-0.3, -0.25) is 9.80 Å². The minimum absolute atomic E-state index is 0.00791. The van der Waals surface area contributed by atoms with Gasteiger partial charge in [0.1, 0.15) is 12.7 Å². The topological polar surface area (TPSA) is 117 Å². The van der Waals surface area contributed by atoms with Crippen LogP contribution in [0.1, 0.15) is 17.1 Å². The van der Waals surface area contributed by atoms with Crippen LogP contribution in [-0.4, -0.2) is 72.2 Å². The van der Waals surface area contributed by atoms with E-state index < -0.39 is 4.92 Å². The first-order valence-corrected chi connectivity index (χ1v) is 10.9. The second kappa shape index (κ2) is 9.16. The van der Waals surface area contributed by atoms with Crippen LogP contribution >= 0.6 is 0 Å². The fraction of sp³-hybridized carbons (Fsp3) is 0.476. The molecule has 1 fully saturated rings. The Hall–Kier alpha value is -3.51.